The van der Waals surface area contributed by atoms with Crippen molar-refractivity contribution in [3.63, 3.8) is 0 Å². The number of thiol groups is 2. The van der Waals surface area contributed by atoms with E-state index in [9.17, 15) is 9.59 Å². The van der Waals surface area contributed by atoms with Gasteiger partial charge in [-0.25, -0.2) is 0 Å². The summed E-state index contributed by atoms with van der Waals surface area (Å²) in [4.78, 5) is 25.7. The number of hydrogen-bond donors (Lipinski definition) is 2. The number of benzene rings is 6. The van der Waals surface area contributed by atoms with Gasteiger partial charge in [-0.2, -0.15) is 25.3 Å². The summed E-state index contributed by atoms with van der Waals surface area (Å²) in [5.74, 6) is 0.0766. The molecule has 0 saturated heterocycles. The first kappa shape index (κ1) is 32.5. The first-order valence-corrected chi connectivity index (χ1v) is 17.2. The van der Waals surface area contributed by atoms with Crippen LogP contribution < -0.4 is 9.47 Å². The van der Waals surface area contributed by atoms with Gasteiger partial charge in [-0.05, 0) is 82.6 Å². The highest BCUT2D eigenvalue weighted by Gasteiger charge is 2.46. The zero-order chi connectivity index (χ0) is 34.1. The molecule has 0 spiro atoms. The van der Waals surface area contributed by atoms with E-state index in [4.69, 9.17) is 9.47 Å². The van der Waals surface area contributed by atoms with Crippen molar-refractivity contribution in [2.24, 2.45) is 0 Å². The summed E-state index contributed by atoms with van der Waals surface area (Å²) in [6, 6.07) is 49.0. The molecule has 4 nitrogen and oxygen atoms in total. The van der Waals surface area contributed by atoms with Gasteiger partial charge in [0.1, 0.15) is 11.5 Å². The predicted octanol–water partition coefficient (Wildman–Crippen LogP) is 9.83. The Morgan fingerprint density at radius 1 is 0.490 bits per heavy atom. The van der Waals surface area contributed by atoms with Crippen LogP contribution in [0.4, 0.5) is 0 Å². The van der Waals surface area contributed by atoms with Gasteiger partial charge in [-0.3, -0.25) is 9.59 Å². The number of carbonyl (C=O) groups excluding carboxylic acids is 2. The van der Waals surface area contributed by atoms with E-state index >= 15 is 0 Å². The van der Waals surface area contributed by atoms with Crippen molar-refractivity contribution in [3.8, 4) is 44.9 Å². The number of rotatable bonds is 8. The fourth-order valence-corrected chi connectivity index (χ4v) is 6.91. The minimum atomic E-state index is -0.779. The maximum atomic E-state index is 12.8. The largest absolute Gasteiger partial charge is 0.425 e. The third kappa shape index (κ3) is 5.85. The Bertz CT molecular complexity index is 2020. The van der Waals surface area contributed by atoms with Gasteiger partial charge < -0.3 is 9.47 Å². The van der Waals surface area contributed by atoms with Crippen LogP contribution in [0.2, 0.25) is 0 Å². The topological polar surface area (TPSA) is 52.6 Å². The number of carbonyl (C=O) groups is 2. The Balaban J connectivity index is 1.55. The summed E-state index contributed by atoms with van der Waals surface area (Å²) in [7, 11) is 0. The molecule has 6 heteroatoms. The smallest absolute Gasteiger partial charge is 0.323 e. The minimum Gasteiger partial charge on any atom is -0.425 e. The third-order valence-electron chi connectivity index (χ3n) is 9.05. The fraction of sp³-hybridized carbons (Fsp3) is 0.116. The molecule has 242 valence electrons. The molecular weight excluding hydrogens is 645 g/mol. The quantitative estimate of drug-likeness (QED) is 0.0955. The molecule has 1 aliphatic rings. The molecule has 0 N–H and O–H groups in total. The van der Waals surface area contributed by atoms with Gasteiger partial charge in [0.2, 0.25) is 0 Å². The average molecular weight is 679 g/mol. The molecule has 0 aromatic heterocycles. The summed E-state index contributed by atoms with van der Waals surface area (Å²) in [6.07, 6.45) is 0. The number of fused-ring (bicyclic) bond motifs is 3. The zero-order valence-corrected chi connectivity index (χ0v) is 28.8. The Hall–Kier alpha value is -5.04. The van der Waals surface area contributed by atoms with E-state index < -0.39 is 27.9 Å². The Morgan fingerprint density at radius 3 is 1.24 bits per heavy atom. The van der Waals surface area contributed by atoms with Crippen molar-refractivity contribution >= 4 is 37.2 Å². The van der Waals surface area contributed by atoms with E-state index in [1.807, 2.05) is 72.8 Å². The average Bonchev–Trinajstić information content (AvgIpc) is 3.43. The van der Waals surface area contributed by atoms with Gasteiger partial charge in [-0.15, -0.1) is 0 Å². The van der Waals surface area contributed by atoms with E-state index in [-0.39, 0.29) is 0 Å². The molecule has 0 aliphatic heterocycles. The van der Waals surface area contributed by atoms with Crippen molar-refractivity contribution in [1.82, 2.24) is 0 Å². The fourth-order valence-electron chi connectivity index (χ4n) is 6.80. The van der Waals surface area contributed by atoms with Crippen molar-refractivity contribution < 1.29 is 19.1 Å². The first-order valence-electron chi connectivity index (χ1n) is 16.2. The Kier molecular flexibility index (Phi) is 8.93. The van der Waals surface area contributed by atoms with Crippen molar-refractivity contribution in [2.45, 2.75) is 29.8 Å². The van der Waals surface area contributed by atoms with E-state index in [0.717, 1.165) is 55.6 Å². The molecule has 0 radical (unpaired) electrons. The summed E-state index contributed by atoms with van der Waals surface area (Å²) in [5.41, 5.74) is 9.15. The molecule has 0 heterocycles. The molecule has 0 fully saturated rings. The molecule has 6 aromatic rings. The SMILES string of the molecule is CC(S)C(=O)Oc1ccc(C2(c3ccc(OC(=O)C(C)S)c(-c4ccccc4)c3)c3ccccc3-c3ccccc32)cc1-c1ccccc1. The predicted molar refractivity (Wildman–Crippen MR) is 203 cm³/mol. The monoisotopic (exact) mass is 678 g/mol. The normalized spacial score (nSPS) is 13.9. The van der Waals surface area contributed by atoms with Crippen molar-refractivity contribution in [2.75, 3.05) is 0 Å². The number of ether oxygens (including phenoxy) is 2. The molecule has 6 aromatic carbocycles. The molecule has 2 atom stereocenters. The summed E-state index contributed by atoms with van der Waals surface area (Å²) in [6.45, 7) is 3.40. The molecule has 1 aliphatic carbocycles. The summed E-state index contributed by atoms with van der Waals surface area (Å²) < 4.78 is 11.9. The zero-order valence-electron chi connectivity index (χ0n) is 27.0. The highest BCUT2D eigenvalue weighted by molar-refractivity contribution is 7.82. The van der Waals surface area contributed by atoms with Crippen molar-refractivity contribution in [1.29, 1.82) is 0 Å². The van der Waals surface area contributed by atoms with Crippen LogP contribution in [0, 0.1) is 0 Å². The standard InChI is InChI=1S/C43H34O4S2/c1-27(48)41(44)46-39-23-21-31(25-35(39)29-13-5-3-6-14-29)43(37-19-11-9-17-33(37)34-18-10-12-20-38(34)43)32-22-24-40(47-42(45)28(2)49)36(26-32)30-15-7-4-8-16-30/h3-28,48-49H,1-2H3. The van der Waals surface area contributed by atoms with Crippen LogP contribution >= 0.6 is 25.3 Å². The van der Waals surface area contributed by atoms with Crippen LogP contribution in [0.25, 0.3) is 33.4 Å². The Morgan fingerprint density at radius 2 is 0.857 bits per heavy atom. The second-order valence-electron chi connectivity index (χ2n) is 12.2. The van der Waals surface area contributed by atoms with E-state index in [2.05, 4.69) is 98.1 Å². The highest BCUT2D eigenvalue weighted by atomic mass is 32.1. The molecule has 0 amide bonds. The van der Waals surface area contributed by atoms with Gasteiger partial charge in [0.25, 0.3) is 0 Å². The second-order valence-corrected chi connectivity index (χ2v) is 13.7. The molecule has 49 heavy (non-hydrogen) atoms. The number of esters is 2. The van der Waals surface area contributed by atoms with Crippen LogP contribution in [0.15, 0.2) is 146 Å². The summed E-state index contributed by atoms with van der Waals surface area (Å²) >= 11 is 8.66. The molecule has 7 rings (SSSR count). The molecule has 2 unspecified atom stereocenters. The van der Waals surface area contributed by atoms with E-state index in [1.165, 1.54) is 0 Å². The van der Waals surface area contributed by atoms with Crippen molar-refractivity contribution in [3.05, 3.63) is 168 Å². The lowest BCUT2D eigenvalue weighted by Gasteiger charge is -2.35. The molecule has 0 saturated carbocycles. The lowest BCUT2D eigenvalue weighted by Crippen LogP contribution is -2.29. The maximum absolute atomic E-state index is 12.8. The van der Waals surface area contributed by atoms with Gasteiger partial charge in [0, 0.05) is 11.1 Å². The first-order chi connectivity index (χ1) is 23.8. The Labute approximate surface area is 297 Å². The van der Waals surface area contributed by atoms with Crippen LogP contribution in [-0.4, -0.2) is 22.4 Å². The highest BCUT2D eigenvalue weighted by Crippen LogP contribution is 2.57. The maximum Gasteiger partial charge on any atom is 0.323 e. The third-order valence-corrected chi connectivity index (χ3v) is 9.47. The van der Waals surface area contributed by atoms with Crippen LogP contribution in [0.1, 0.15) is 36.1 Å². The van der Waals surface area contributed by atoms with Crippen LogP contribution in [0.3, 0.4) is 0 Å². The summed E-state index contributed by atoms with van der Waals surface area (Å²) in [5, 5.41) is -1.17. The lowest BCUT2D eigenvalue weighted by atomic mass is 9.67. The molecule has 0 bridgehead atoms. The van der Waals surface area contributed by atoms with E-state index in [1.54, 1.807) is 13.8 Å². The van der Waals surface area contributed by atoms with Gasteiger partial charge in [0.15, 0.2) is 0 Å². The van der Waals surface area contributed by atoms with Gasteiger partial charge in [-0.1, -0.05) is 121 Å². The molecular formula is C43H34O4S2. The van der Waals surface area contributed by atoms with Gasteiger partial charge in [0.05, 0.1) is 15.9 Å². The van der Waals surface area contributed by atoms with E-state index in [0.29, 0.717) is 11.5 Å². The number of hydrogen-bond acceptors (Lipinski definition) is 6. The van der Waals surface area contributed by atoms with Gasteiger partial charge >= 0.3 is 11.9 Å². The lowest BCUT2D eigenvalue weighted by molar-refractivity contribution is -0.134. The second kappa shape index (κ2) is 13.5. The van der Waals surface area contributed by atoms with Crippen LogP contribution in [-0.2, 0) is 15.0 Å². The minimum absolute atomic E-state index is 0.423. The van der Waals surface area contributed by atoms with Crippen LogP contribution in [0.5, 0.6) is 11.5 Å².